The summed E-state index contributed by atoms with van der Waals surface area (Å²) in [4.78, 5) is 15.0. The van der Waals surface area contributed by atoms with Crippen LogP contribution in [0.25, 0.3) is 0 Å². The van der Waals surface area contributed by atoms with Gasteiger partial charge in [0.2, 0.25) is 0 Å². The lowest BCUT2D eigenvalue weighted by molar-refractivity contribution is 0.121. The quantitative estimate of drug-likeness (QED) is 0.717. The van der Waals surface area contributed by atoms with Crippen LogP contribution in [0.3, 0.4) is 0 Å². The van der Waals surface area contributed by atoms with Crippen LogP contribution < -0.4 is 15.2 Å². The molecule has 9 heteroatoms. The monoisotopic (exact) mass is 288 g/mol. The number of anilines is 1. The SMILES string of the molecule is CC(C)OC(=O)NS(=O)(=O)Nc1ccc(CN)cn1. The summed E-state index contributed by atoms with van der Waals surface area (Å²) < 4.78 is 31.6. The normalized spacial score (nSPS) is 11.2. The molecule has 0 bridgehead atoms. The molecule has 0 aliphatic carbocycles. The van der Waals surface area contributed by atoms with E-state index < -0.39 is 22.4 Å². The van der Waals surface area contributed by atoms with Crippen LogP contribution in [0.2, 0.25) is 0 Å². The topological polar surface area (TPSA) is 123 Å². The minimum Gasteiger partial charge on any atom is -0.446 e. The number of carbonyl (C=O) groups is 1. The van der Waals surface area contributed by atoms with E-state index in [0.717, 1.165) is 5.56 Å². The predicted octanol–water partition coefficient (Wildman–Crippen LogP) is 0.332. The molecule has 1 amide bonds. The Morgan fingerprint density at radius 1 is 1.47 bits per heavy atom. The van der Waals surface area contributed by atoms with Gasteiger partial charge in [0, 0.05) is 12.7 Å². The van der Waals surface area contributed by atoms with E-state index in [1.807, 2.05) is 0 Å². The fraction of sp³-hybridized carbons (Fsp3) is 0.400. The van der Waals surface area contributed by atoms with Gasteiger partial charge in [0.15, 0.2) is 0 Å². The Morgan fingerprint density at radius 3 is 2.63 bits per heavy atom. The fourth-order valence-corrected chi connectivity index (χ4v) is 1.83. The Bertz CT molecular complexity index is 527. The van der Waals surface area contributed by atoms with Crippen molar-refractivity contribution in [3.8, 4) is 0 Å². The van der Waals surface area contributed by atoms with Gasteiger partial charge < -0.3 is 10.5 Å². The van der Waals surface area contributed by atoms with Crippen molar-refractivity contribution < 1.29 is 17.9 Å². The van der Waals surface area contributed by atoms with Gasteiger partial charge in [0.25, 0.3) is 0 Å². The molecule has 0 radical (unpaired) electrons. The smallest absolute Gasteiger partial charge is 0.422 e. The summed E-state index contributed by atoms with van der Waals surface area (Å²) in [6.07, 6.45) is -0.0390. The number of hydrogen-bond acceptors (Lipinski definition) is 6. The van der Waals surface area contributed by atoms with Crippen molar-refractivity contribution >= 4 is 22.1 Å². The Morgan fingerprint density at radius 2 is 2.16 bits per heavy atom. The van der Waals surface area contributed by atoms with Crippen LogP contribution in [0, 0.1) is 0 Å². The molecule has 0 saturated heterocycles. The summed E-state index contributed by atoms with van der Waals surface area (Å²) in [5.41, 5.74) is 6.15. The molecular weight excluding hydrogens is 272 g/mol. The van der Waals surface area contributed by atoms with Crippen molar-refractivity contribution in [1.29, 1.82) is 0 Å². The van der Waals surface area contributed by atoms with Crippen molar-refractivity contribution in [3.63, 3.8) is 0 Å². The molecule has 1 heterocycles. The maximum absolute atomic E-state index is 11.6. The fourth-order valence-electron chi connectivity index (χ4n) is 1.12. The molecular formula is C10H16N4O4S. The lowest BCUT2D eigenvalue weighted by Crippen LogP contribution is -2.37. The lowest BCUT2D eigenvalue weighted by Gasteiger charge is -2.11. The molecule has 0 spiro atoms. The zero-order valence-corrected chi connectivity index (χ0v) is 11.4. The minimum absolute atomic E-state index is 0.0713. The Labute approximate surface area is 111 Å². The third kappa shape index (κ3) is 5.53. The van der Waals surface area contributed by atoms with E-state index in [-0.39, 0.29) is 5.82 Å². The second-order valence-corrected chi connectivity index (χ2v) is 5.33. The number of nitrogens with zero attached hydrogens (tertiary/aromatic N) is 1. The maximum Gasteiger partial charge on any atom is 0.422 e. The van der Waals surface area contributed by atoms with Gasteiger partial charge >= 0.3 is 16.3 Å². The molecule has 0 aliphatic heterocycles. The summed E-state index contributed by atoms with van der Waals surface area (Å²) in [5, 5.41) is 0. The highest BCUT2D eigenvalue weighted by Crippen LogP contribution is 2.06. The van der Waals surface area contributed by atoms with Crippen molar-refractivity contribution in [2.24, 2.45) is 5.73 Å². The molecule has 0 fully saturated rings. The maximum atomic E-state index is 11.6. The summed E-state index contributed by atoms with van der Waals surface area (Å²) >= 11 is 0. The van der Waals surface area contributed by atoms with Crippen LogP contribution in [-0.2, 0) is 21.5 Å². The van der Waals surface area contributed by atoms with Gasteiger partial charge in [-0.1, -0.05) is 6.07 Å². The summed E-state index contributed by atoms with van der Waals surface area (Å²) in [6.45, 7) is 3.51. The summed E-state index contributed by atoms with van der Waals surface area (Å²) in [6, 6.07) is 3.06. The van der Waals surface area contributed by atoms with Gasteiger partial charge in [0.1, 0.15) is 5.82 Å². The van der Waals surface area contributed by atoms with Crippen LogP contribution in [0.4, 0.5) is 10.6 Å². The van der Waals surface area contributed by atoms with Gasteiger partial charge in [0.05, 0.1) is 6.10 Å². The molecule has 0 unspecified atom stereocenters. The third-order valence-corrected chi connectivity index (χ3v) is 2.77. The summed E-state index contributed by atoms with van der Waals surface area (Å²) in [5.74, 6) is 0.0713. The third-order valence-electron chi connectivity index (χ3n) is 1.86. The number of nitrogens with two attached hydrogens (primary N) is 1. The van der Waals surface area contributed by atoms with Gasteiger partial charge in [-0.2, -0.15) is 8.42 Å². The highest BCUT2D eigenvalue weighted by atomic mass is 32.2. The number of nitrogens with one attached hydrogen (secondary N) is 2. The molecule has 106 valence electrons. The van der Waals surface area contributed by atoms with Gasteiger partial charge in [-0.15, -0.1) is 0 Å². The second-order valence-electron chi connectivity index (χ2n) is 3.92. The van der Waals surface area contributed by atoms with Crippen LogP contribution >= 0.6 is 0 Å². The molecule has 1 rings (SSSR count). The van der Waals surface area contributed by atoms with E-state index in [2.05, 4.69) is 14.4 Å². The van der Waals surface area contributed by atoms with Crippen molar-refractivity contribution in [2.75, 3.05) is 4.72 Å². The van der Waals surface area contributed by atoms with Crippen LogP contribution in [0.15, 0.2) is 18.3 Å². The van der Waals surface area contributed by atoms with E-state index in [0.29, 0.717) is 6.54 Å². The molecule has 8 nitrogen and oxygen atoms in total. The number of hydrogen-bond donors (Lipinski definition) is 3. The molecule has 0 saturated carbocycles. The van der Waals surface area contributed by atoms with E-state index in [4.69, 9.17) is 5.73 Å². The number of rotatable bonds is 5. The first kappa shape index (κ1) is 15.2. The first-order valence-electron chi connectivity index (χ1n) is 5.48. The first-order chi connectivity index (χ1) is 8.82. The van der Waals surface area contributed by atoms with E-state index in [1.54, 1.807) is 24.6 Å². The van der Waals surface area contributed by atoms with Gasteiger partial charge in [-0.05, 0) is 25.5 Å². The molecule has 0 aliphatic rings. The highest BCUT2D eigenvalue weighted by molar-refractivity contribution is 7.91. The minimum atomic E-state index is -4.07. The van der Waals surface area contributed by atoms with E-state index in [1.165, 1.54) is 12.3 Å². The molecule has 1 aromatic heterocycles. The molecule has 19 heavy (non-hydrogen) atoms. The standard InChI is InChI=1S/C10H16N4O4S/c1-7(2)18-10(15)14-19(16,17)13-9-4-3-8(5-11)6-12-9/h3-4,6-7H,5,11H2,1-2H3,(H,12,13)(H,14,15). The molecule has 1 aromatic rings. The van der Waals surface area contributed by atoms with Crippen LogP contribution in [0.1, 0.15) is 19.4 Å². The van der Waals surface area contributed by atoms with Crippen LogP contribution in [0.5, 0.6) is 0 Å². The first-order valence-corrected chi connectivity index (χ1v) is 6.97. The highest BCUT2D eigenvalue weighted by Gasteiger charge is 2.16. The number of aromatic nitrogens is 1. The Kier molecular flexibility index (Phi) is 5.07. The predicted molar refractivity (Wildman–Crippen MR) is 69.4 cm³/mol. The molecule has 4 N–H and O–H groups in total. The zero-order valence-electron chi connectivity index (χ0n) is 10.6. The molecule has 0 atom stereocenters. The largest absolute Gasteiger partial charge is 0.446 e. The average molecular weight is 288 g/mol. The van der Waals surface area contributed by atoms with Crippen LogP contribution in [-0.4, -0.2) is 25.6 Å². The second kappa shape index (κ2) is 6.34. The number of amides is 1. The number of carbonyl (C=O) groups excluding carboxylic acids is 1. The molecule has 0 aromatic carbocycles. The van der Waals surface area contributed by atoms with Gasteiger partial charge in [-0.3, -0.25) is 4.72 Å². The van der Waals surface area contributed by atoms with E-state index in [9.17, 15) is 13.2 Å². The van der Waals surface area contributed by atoms with Crippen molar-refractivity contribution in [1.82, 2.24) is 9.71 Å². The number of pyridine rings is 1. The average Bonchev–Trinajstić information content (AvgIpc) is 2.27. The Hall–Kier alpha value is -1.87. The zero-order chi connectivity index (χ0) is 14.5. The van der Waals surface area contributed by atoms with Gasteiger partial charge in [-0.25, -0.2) is 14.5 Å². The van der Waals surface area contributed by atoms with E-state index >= 15 is 0 Å². The number of ether oxygens (including phenoxy) is 1. The van der Waals surface area contributed by atoms with Crippen molar-refractivity contribution in [2.45, 2.75) is 26.5 Å². The summed E-state index contributed by atoms with van der Waals surface area (Å²) in [7, 11) is -4.07. The lowest BCUT2D eigenvalue weighted by atomic mass is 10.3. The van der Waals surface area contributed by atoms with Crippen molar-refractivity contribution in [3.05, 3.63) is 23.9 Å². The Balaban J connectivity index is 2.65.